The number of carbonyl (C=O) groups is 2. The fraction of sp³-hybridized carbons (Fsp3) is 0. The average Bonchev–Trinajstić information content (AvgIpc) is 3.20. The minimum Gasteiger partial charge on any atom is -0.332 e. The first-order chi connectivity index (χ1) is 14.0. The van der Waals surface area contributed by atoms with Crippen LogP contribution in [0.3, 0.4) is 0 Å². The third kappa shape index (κ3) is 6.53. The molecule has 0 radical (unpaired) electrons. The van der Waals surface area contributed by atoms with Crippen molar-refractivity contribution in [3.63, 3.8) is 0 Å². The van der Waals surface area contributed by atoms with Crippen LogP contribution >= 0.6 is 35.2 Å². The first-order valence-corrected chi connectivity index (χ1v) is 10.2. The van der Waals surface area contributed by atoms with Gasteiger partial charge in [0.1, 0.15) is 0 Å². The number of amides is 2. The number of hydrogen-bond acceptors (Lipinski definition) is 4. The Morgan fingerprint density at radius 1 is 0.966 bits per heavy atom. The van der Waals surface area contributed by atoms with Crippen molar-refractivity contribution in [1.82, 2.24) is 5.32 Å². The van der Waals surface area contributed by atoms with Crippen LogP contribution in [-0.4, -0.2) is 16.9 Å². The number of thiocarbonyl (C=S) groups is 1. The molecule has 0 saturated carbocycles. The van der Waals surface area contributed by atoms with E-state index in [0.29, 0.717) is 22.0 Å². The summed E-state index contributed by atoms with van der Waals surface area (Å²) in [6.45, 7) is 0. The zero-order valence-electron chi connectivity index (χ0n) is 15.0. The standard InChI is InChI=1S/C21H16ClN3O2S2/c22-15-5-2-7-17(13-15)23-20(27)14-4-1-6-16(12-14)24-21(28)25-19(26)10-9-18-8-3-11-29-18/h1-13H,(H,23,27)(H2,24,25,26,28)/b10-9+. The highest BCUT2D eigenvalue weighted by Crippen LogP contribution is 2.17. The molecule has 0 bridgehead atoms. The second-order valence-corrected chi connectivity index (χ2v) is 7.66. The molecule has 3 N–H and O–H groups in total. The van der Waals surface area contributed by atoms with E-state index in [4.69, 9.17) is 23.8 Å². The Labute approximate surface area is 182 Å². The summed E-state index contributed by atoms with van der Waals surface area (Å²) in [7, 11) is 0. The first kappa shape index (κ1) is 20.7. The normalized spacial score (nSPS) is 10.5. The summed E-state index contributed by atoms with van der Waals surface area (Å²) in [6, 6.07) is 17.5. The summed E-state index contributed by atoms with van der Waals surface area (Å²) in [5, 5.41) is 10.9. The molecular formula is C21H16ClN3O2S2. The third-order valence-electron chi connectivity index (χ3n) is 3.64. The number of nitrogens with one attached hydrogen (secondary N) is 3. The van der Waals surface area contributed by atoms with Gasteiger partial charge in [0.25, 0.3) is 5.91 Å². The maximum atomic E-state index is 12.4. The van der Waals surface area contributed by atoms with Crippen molar-refractivity contribution < 1.29 is 9.59 Å². The number of thiophene rings is 1. The molecule has 3 rings (SSSR count). The Balaban J connectivity index is 1.58. The van der Waals surface area contributed by atoms with Crippen LogP contribution in [0.2, 0.25) is 5.02 Å². The highest BCUT2D eigenvalue weighted by atomic mass is 35.5. The van der Waals surface area contributed by atoms with Gasteiger partial charge in [-0.15, -0.1) is 11.3 Å². The van der Waals surface area contributed by atoms with Crippen LogP contribution in [0.25, 0.3) is 6.08 Å². The van der Waals surface area contributed by atoms with Crippen molar-refractivity contribution >= 4 is 69.5 Å². The lowest BCUT2D eigenvalue weighted by molar-refractivity contribution is -0.115. The predicted octanol–water partition coefficient (Wildman–Crippen LogP) is 5.18. The summed E-state index contributed by atoms with van der Waals surface area (Å²) in [5.41, 5.74) is 1.61. The average molecular weight is 442 g/mol. The monoisotopic (exact) mass is 441 g/mol. The molecule has 0 aliphatic rings. The number of benzene rings is 2. The van der Waals surface area contributed by atoms with Gasteiger partial charge in [0, 0.05) is 32.9 Å². The minimum absolute atomic E-state index is 0.137. The van der Waals surface area contributed by atoms with Gasteiger partial charge < -0.3 is 10.6 Å². The number of carbonyl (C=O) groups excluding carboxylic acids is 2. The molecule has 0 fully saturated rings. The van der Waals surface area contributed by atoms with Crippen molar-refractivity contribution in [2.75, 3.05) is 10.6 Å². The van der Waals surface area contributed by atoms with E-state index < -0.39 is 0 Å². The van der Waals surface area contributed by atoms with Crippen molar-refractivity contribution in [3.05, 3.63) is 87.6 Å². The van der Waals surface area contributed by atoms with E-state index in [1.165, 1.54) is 17.4 Å². The second-order valence-electron chi connectivity index (χ2n) is 5.84. The molecule has 146 valence electrons. The first-order valence-electron chi connectivity index (χ1n) is 8.50. The number of halogens is 1. The lowest BCUT2D eigenvalue weighted by Gasteiger charge is -2.10. The Morgan fingerprint density at radius 3 is 2.45 bits per heavy atom. The smallest absolute Gasteiger partial charge is 0.255 e. The summed E-state index contributed by atoms with van der Waals surface area (Å²) in [4.78, 5) is 25.4. The van der Waals surface area contributed by atoms with Crippen LogP contribution in [0.15, 0.2) is 72.1 Å². The molecule has 0 aliphatic heterocycles. The van der Waals surface area contributed by atoms with E-state index >= 15 is 0 Å². The van der Waals surface area contributed by atoms with Crippen molar-refractivity contribution in [2.45, 2.75) is 0 Å². The molecule has 8 heteroatoms. The van der Waals surface area contributed by atoms with Crippen LogP contribution in [0.1, 0.15) is 15.2 Å². The highest BCUT2D eigenvalue weighted by molar-refractivity contribution is 7.80. The molecule has 1 aromatic heterocycles. The molecule has 29 heavy (non-hydrogen) atoms. The highest BCUT2D eigenvalue weighted by Gasteiger charge is 2.08. The Hall–Kier alpha value is -3.00. The fourth-order valence-corrected chi connectivity index (χ4v) is 3.39. The predicted molar refractivity (Wildman–Crippen MR) is 124 cm³/mol. The molecule has 0 spiro atoms. The molecular weight excluding hydrogens is 426 g/mol. The van der Waals surface area contributed by atoms with Crippen LogP contribution < -0.4 is 16.0 Å². The topological polar surface area (TPSA) is 70.2 Å². The molecule has 0 unspecified atom stereocenters. The summed E-state index contributed by atoms with van der Waals surface area (Å²) in [5.74, 6) is -0.629. The maximum absolute atomic E-state index is 12.4. The molecule has 0 aliphatic carbocycles. The van der Waals surface area contributed by atoms with E-state index in [9.17, 15) is 9.59 Å². The summed E-state index contributed by atoms with van der Waals surface area (Å²) < 4.78 is 0. The lowest BCUT2D eigenvalue weighted by atomic mass is 10.2. The quantitative estimate of drug-likeness (QED) is 0.377. The van der Waals surface area contributed by atoms with Crippen molar-refractivity contribution in [2.24, 2.45) is 0 Å². The van der Waals surface area contributed by atoms with Gasteiger partial charge in [-0.05, 0) is 66.1 Å². The Kier molecular flexibility index (Phi) is 7.13. The van der Waals surface area contributed by atoms with E-state index in [1.54, 1.807) is 54.6 Å². The van der Waals surface area contributed by atoms with E-state index in [1.807, 2.05) is 17.5 Å². The molecule has 5 nitrogen and oxygen atoms in total. The fourth-order valence-electron chi connectivity index (χ4n) is 2.37. The van der Waals surface area contributed by atoms with Crippen LogP contribution in [-0.2, 0) is 4.79 Å². The lowest BCUT2D eigenvalue weighted by Crippen LogP contribution is -2.32. The van der Waals surface area contributed by atoms with Gasteiger partial charge in [0.15, 0.2) is 5.11 Å². The van der Waals surface area contributed by atoms with Gasteiger partial charge in [0.2, 0.25) is 5.91 Å². The molecule has 3 aromatic rings. The molecule has 0 atom stereocenters. The number of rotatable bonds is 5. The second kappa shape index (κ2) is 9.97. The van der Waals surface area contributed by atoms with Gasteiger partial charge in [-0.2, -0.15) is 0 Å². The zero-order valence-corrected chi connectivity index (χ0v) is 17.4. The number of anilines is 2. The molecule has 2 amide bonds. The number of hydrogen-bond donors (Lipinski definition) is 3. The zero-order chi connectivity index (χ0) is 20.6. The van der Waals surface area contributed by atoms with Gasteiger partial charge >= 0.3 is 0 Å². The summed E-state index contributed by atoms with van der Waals surface area (Å²) >= 11 is 12.6. The third-order valence-corrected chi connectivity index (χ3v) is 4.92. The largest absolute Gasteiger partial charge is 0.332 e. The van der Waals surface area contributed by atoms with E-state index in [2.05, 4.69) is 16.0 Å². The van der Waals surface area contributed by atoms with E-state index in [0.717, 1.165) is 4.88 Å². The Morgan fingerprint density at radius 2 is 1.72 bits per heavy atom. The molecule has 0 saturated heterocycles. The van der Waals surface area contributed by atoms with Crippen LogP contribution in [0, 0.1) is 0 Å². The van der Waals surface area contributed by atoms with Crippen molar-refractivity contribution in [3.8, 4) is 0 Å². The van der Waals surface area contributed by atoms with E-state index in [-0.39, 0.29) is 16.9 Å². The maximum Gasteiger partial charge on any atom is 0.255 e. The van der Waals surface area contributed by atoms with Crippen LogP contribution in [0.4, 0.5) is 11.4 Å². The SMILES string of the molecule is O=C(/C=C/c1cccs1)NC(=S)Nc1cccc(C(=O)Nc2cccc(Cl)c2)c1. The van der Waals surface area contributed by atoms with Gasteiger partial charge in [-0.25, -0.2) is 0 Å². The molecule has 2 aromatic carbocycles. The molecule has 1 heterocycles. The van der Waals surface area contributed by atoms with Crippen molar-refractivity contribution in [1.29, 1.82) is 0 Å². The van der Waals surface area contributed by atoms with Gasteiger partial charge in [0.05, 0.1) is 0 Å². The Bertz CT molecular complexity index is 1070. The van der Waals surface area contributed by atoms with Gasteiger partial charge in [-0.3, -0.25) is 14.9 Å². The van der Waals surface area contributed by atoms with Gasteiger partial charge in [-0.1, -0.05) is 29.8 Å². The summed E-state index contributed by atoms with van der Waals surface area (Å²) in [6.07, 6.45) is 3.12. The minimum atomic E-state index is -0.342. The van der Waals surface area contributed by atoms with Crippen LogP contribution in [0.5, 0.6) is 0 Å².